The molecular weight excluding hydrogens is 308 g/mol. The molecule has 2 unspecified atom stereocenters. The average Bonchev–Trinajstić information content (AvgIpc) is 2.71. The maximum atomic E-state index is 5.75. The summed E-state index contributed by atoms with van der Waals surface area (Å²) in [7, 11) is 6.30. The number of nitrogens with one attached hydrogen (secondary N) is 1. The van der Waals surface area contributed by atoms with E-state index in [0.29, 0.717) is 6.04 Å². The smallest absolute Gasteiger partial charge is 0.0706 e. The lowest BCUT2D eigenvalue weighted by molar-refractivity contribution is 0.100. The van der Waals surface area contributed by atoms with Crippen molar-refractivity contribution in [2.45, 2.75) is 18.5 Å². The lowest BCUT2D eigenvalue weighted by Crippen LogP contribution is -2.51. The first-order chi connectivity index (χ1) is 9.02. The zero-order chi connectivity index (χ0) is 14.0. The van der Waals surface area contributed by atoms with E-state index in [-0.39, 0.29) is 6.04 Å². The SMILES string of the molecule is CN1CCN(C)C(CC(NN)c2c(Br)cnn2C)C1. The highest BCUT2D eigenvalue weighted by Gasteiger charge is 2.27. The molecule has 2 heterocycles. The molecule has 0 amide bonds. The van der Waals surface area contributed by atoms with Crippen LogP contribution in [0.25, 0.3) is 0 Å². The van der Waals surface area contributed by atoms with Crippen LogP contribution in [0.1, 0.15) is 18.2 Å². The molecule has 1 fully saturated rings. The summed E-state index contributed by atoms with van der Waals surface area (Å²) in [5.41, 5.74) is 4.03. The van der Waals surface area contributed by atoms with Gasteiger partial charge in [-0.3, -0.25) is 16.0 Å². The minimum absolute atomic E-state index is 0.0980. The van der Waals surface area contributed by atoms with Crippen LogP contribution in [0.5, 0.6) is 0 Å². The maximum absolute atomic E-state index is 5.75. The van der Waals surface area contributed by atoms with Gasteiger partial charge in [0.05, 0.1) is 22.4 Å². The van der Waals surface area contributed by atoms with Crippen LogP contribution < -0.4 is 11.3 Å². The van der Waals surface area contributed by atoms with Crippen molar-refractivity contribution in [3.63, 3.8) is 0 Å². The van der Waals surface area contributed by atoms with Crippen LogP contribution in [0.2, 0.25) is 0 Å². The number of nitrogens with two attached hydrogens (primary N) is 1. The first kappa shape index (κ1) is 14.9. The number of aromatic nitrogens is 2. The number of likely N-dealkylation sites (N-methyl/N-ethyl adjacent to an activating group) is 2. The number of hydrazine groups is 1. The van der Waals surface area contributed by atoms with E-state index >= 15 is 0 Å². The molecule has 1 aromatic rings. The van der Waals surface area contributed by atoms with E-state index in [2.05, 4.69) is 50.3 Å². The molecule has 0 spiro atoms. The molecule has 2 rings (SSSR count). The quantitative estimate of drug-likeness (QED) is 0.615. The van der Waals surface area contributed by atoms with Gasteiger partial charge < -0.3 is 9.80 Å². The highest BCUT2D eigenvalue weighted by atomic mass is 79.9. The Labute approximate surface area is 123 Å². The van der Waals surface area contributed by atoms with Crippen molar-refractivity contribution in [1.29, 1.82) is 0 Å². The van der Waals surface area contributed by atoms with Crippen molar-refractivity contribution >= 4 is 15.9 Å². The van der Waals surface area contributed by atoms with Crippen molar-refractivity contribution in [1.82, 2.24) is 25.0 Å². The van der Waals surface area contributed by atoms with Crippen molar-refractivity contribution in [3.8, 4) is 0 Å². The predicted molar refractivity (Wildman–Crippen MR) is 79.5 cm³/mol. The minimum Gasteiger partial charge on any atom is -0.304 e. The van der Waals surface area contributed by atoms with Crippen molar-refractivity contribution in [3.05, 3.63) is 16.4 Å². The van der Waals surface area contributed by atoms with E-state index in [4.69, 9.17) is 5.84 Å². The van der Waals surface area contributed by atoms with Gasteiger partial charge in [-0.25, -0.2) is 0 Å². The Morgan fingerprint density at radius 2 is 2.21 bits per heavy atom. The number of hydrogen-bond acceptors (Lipinski definition) is 5. The third-order valence-electron chi connectivity index (χ3n) is 3.96. The largest absolute Gasteiger partial charge is 0.304 e. The molecule has 1 saturated heterocycles. The standard InChI is InChI=1S/C12H23BrN6/c1-17-4-5-18(2)9(8-17)6-11(16-14)12-10(13)7-15-19(12)3/h7,9,11,16H,4-6,8,14H2,1-3H3. The second kappa shape index (κ2) is 6.32. The molecule has 0 aliphatic carbocycles. The van der Waals surface area contributed by atoms with Gasteiger partial charge in [0.15, 0.2) is 0 Å². The number of halogens is 1. The molecule has 19 heavy (non-hydrogen) atoms. The Kier molecular flexibility index (Phi) is 4.97. The van der Waals surface area contributed by atoms with Gasteiger partial charge in [-0.1, -0.05) is 0 Å². The maximum Gasteiger partial charge on any atom is 0.0706 e. The molecule has 0 radical (unpaired) electrons. The van der Waals surface area contributed by atoms with Gasteiger partial charge >= 0.3 is 0 Å². The topological polar surface area (TPSA) is 62.4 Å². The summed E-state index contributed by atoms with van der Waals surface area (Å²) in [6.07, 6.45) is 2.78. The highest BCUT2D eigenvalue weighted by molar-refractivity contribution is 9.10. The Morgan fingerprint density at radius 1 is 1.47 bits per heavy atom. The third-order valence-corrected chi connectivity index (χ3v) is 4.57. The fourth-order valence-corrected chi connectivity index (χ4v) is 3.32. The van der Waals surface area contributed by atoms with E-state index in [9.17, 15) is 0 Å². The van der Waals surface area contributed by atoms with Crippen molar-refractivity contribution < 1.29 is 0 Å². The zero-order valence-corrected chi connectivity index (χ0v) is 13.4. The van der Waals surface area contributed by atoms with Crippen LogP contribution in [0.15, 0.2) is 10.7 Å². The van der Waals surface area contributed by atoms with Crippen LogP contribution in [-0.2, 0) is 7.05 Å². The average molecular weight is 331 g/mol. The summed E-state index contributed by atoms with van der Waals surface area (Å²) in [6, 6.07) is 0.599. The minimum atomic E-state index is 0.0980. The Morgan fingerprint density at radius 3 is 2.79 bits per heavy atom. The number of rotatable bonds is 4. The summed E-state index contributed by atoms with van der Waals surface area (Å²) < 4.78 is 2.88. The summed E-state index contributed by atoms with van der Waals surface area (Å²) >= 11 is 3.55. The summed E-state index contributed by atoms with van der Waals surface area (Å²) in [5.74, 6) is 5.75. The number of aryl methyl sites for hydroxylation is 1. The van der Waals surface area contributed by atoms with Gasteiger partial charge in [-0.05, 0) is 36.4 Å². The molecule has 0 saturated carbocycles. The number of hydrogen-bond donors (Lipinski definition) is 2. The van der Waals surface area contributed by atoms with E-state index in [0.717, 1.165) is 36.2 Å². The first-order valence-corrected chi connectivity index (χ1v) is 7.34. The van der Waals surface area contributed by atoms with Crippen LogP contribution in [0, 0.1) is 0 Å². The fraction of sp³-hybridized carbons (Fsp3) is 0.750. The second-order valence-electron chi connectivity index (χ2n) is 5.35. The van der Waals surface area contributed by atoms with Crippen LogP contribution in [0.3, 0.4) is 0 Å². The van der Waals surface area contributed by atoms with E-state index in [1.54, 1.807) is 0 Å². The van der Waals surface area contributed by atoms with Gasteiger partial charge in [0.1, 0.15) is 0 Å². The lowest BCUT2D eigenvalue weighted by Gasteiger charge is -2.39. The van der Waals surface area contributed by atoms with Crippen LogP contribution in [-0.4, -0.2) is 59.4 Å². The third kappa shape index (κ3) is 3.35. The first-order valence-electron chi connectivity index (χ1n) is 6.55. The highest BCUT2D eigenvalue weighted by Crippen LogP contribution is 2.27. The summed E-state index contributed by atoms with van der Waals surface area (Å²) in [6.45, 7) is 3.30. The normalized spacial score (nSPS) is 23.7. The van der Waals surface area contributed by atoms with Crippen LogP contribution in [0.4, 0.5) is 0 Å². The Hall–Kier alpha value is -0.470. The molecule has 2 atom stereocenters. The molecule has 1 aliphatic rings. The monoisotopic (exact) mass is 330 g/mol. The van der Waals surface area contributed by atoms with Crippen molar-refractivity contribution in [2.75, 3.05) is 33.7 Å². The molecule has 3 N–H and O–H groups in total. The Balaban J connectivity index is 2.10. The molecule has 108 valence electrons. The predicted octanol–water partition coefficient (Wildman–Crippen LogP) is 0.323. The van der Waals surface area contributed by atoms with Crippen molar-refractivity contribution in [2.24, 2.45) is 12.9 Å². The van der Waals surface area contributed by atoms with Crippen LogP contribution >= 0.6 is 15.9 Å². The molecule has 1 aliphatic heterocycles. The number of nitrogens with zero attached hydrogens (tertiary/aromatic N) is 4. The molecule has 1 aromatic heterocycles. The summed E-state index contributed by atoms with van der Waals surface area (Å²) in [5, 5.41) is 4.26. The molecule has 0 aromatic carbocycles. The Bertz CT molecular complexity index is 401. The fourth-order valence-electron chi connectivity index (χ4n) is 2.70. The van der Waals surface area contributed by atoms with Gasteiger partial charge in [-0.15, -0.1) is 0 Å². The van der Waals surface area contributed by atoms with E-state index < -0.39 is 0 Å². The van der Waals surface area contributed by atoms with Gasteiger partial charge in [-0.2, -0.15) is 5.10 Å². The van der Waals surface area contributed by atoms with E-state index in [1.165, 1.54) is 0 Å². The molecule has 0 bridgehead atoms. The zero-order valence-electron chi connectivity index (χ0n) is 11.8. The molecule has 7 heteroatoms. The van der Waals surface area contributed by atoms with Gasteiger partial charge in [0.2, 0.25) is 0 Å². The lowest BCUT2D eigenvalue weighted by atomic mass is 10.0. The van der Waals surface area contributed by atoms with Gasteiger partial charge in [0.25, 0.3) is 0 Å². The summed E-state index contributed by atoms with van der Waals surface area (Å²) in [4.78, 5) is 4.78. The number of piperazine rings is 1. The van der Waals surface area contributed by atoms with E-state index in [1.807, 2.05) is 17.9 Å². The molecule has 6 nitrogen and oxygen atoms in total. The second-order valence-corrected chi connectivity index (χ2v) is 6.21. The molecular formula is C12H23BrN6. The van der Waals surface area contributed by atoms with Gasteiger partial charge in [0, 0.05) is 32.7 Å².